The first kappa shape index (κ1) is 14.6. The highest BCUT2D eigenvalue weighted by atomic mass is 19.4. The lowest BCUT2D eigenvalue weighted by atomic mass is 9.95. The van der Waals surface area contributed by atoms with Crippen LogP contribution in [0.5, 0.6) is 0 Å². The molecule has 1 aliphatic carbocycles. The van der Waals surface area contributed by atoms with Crippen LogP contribution in [0, 0.1) is 16.5 Å². The van der Waals surface area contributed by atoms with Crippen LogP contribution in [0.15, 0.2) is 18.2 Å². The van der Waals surface area contributed by atoms with Crippen molar-refractivity contribution in [2.24, 2.45) is 0 Å². The molecule has 0 aromatic heterocycles. The summed E-state index contributed by atoms with van der Waals surface area (Å²) in [6, 6.07) is 3.16. The topological polar surface area (TPSA) is 55.2 Å². The second kappa shape index (κ2) is 5.68. The van der Waals surface area contributed by atoms with E-state index in [4.69, 9.17) is 0 Å². The molecule has 1 aromatic rings. The van der Waals surface area contributed by atoms with Gasteiger partial charge in [0, 0.05) is 17.8 Å². The van der Waals surface area contributed by atoms with Gasteiger partial charge in [-0.2, -0.15) is 13.2 Å². The Hall–Kier alpha value is -1.79. The number of nitro benzene ring substituents is 1. The van der Waals surface area contributed by atoms with Gasteiger partial charge in [-0.15, -0.1) is 0 Å². The van der Waals surface area contributed by atoms with Gasteiger partial charge in [0.05, 0.1) is 4.92 Å². The fourth-order valence-corrected chi connectivity index (χ4v) is 2.32. The van der Waals surface area contributed by atoms with Gasteiger partial charge in [0.25, 0.3) is 5.69 Å². The van der Waals surface area contributed by atoms with E-state index in [2.05, 4.69) is 11.7 Å². The predicted molar refractivity (Wildman–Crippen MR) is 68.3 cm³/mol. The van der Waals surface area contributed by atoms with E-state index in [0.29, 0.717) is 0 Å². The maximum absolute atomic E-state index is 12.8. The molecule has 0 spiro atoms. The van der Waals surface area contributed by atoms with E-state index in [1.807, 2.05) is 0 Å². The first-order chi connectivity index (χ1) is 9.38. The van der Waals surface area contributed by atoms with Gasteiger partial charge in [-0.3, -0.25) is 10.1 Å². The van der Waals surface area contributed by atoms with Gasteiger partial charge in [-0.05, 0) is 44.2 Å². The maximum Gasteiger partial charge on any atom is 0.423 e. The van der Waals surface area contributed by atoms with Crippen molar-refractivity contribution in [2.75, 3.05) is 5.32 Å². The minimum Gasteiger partial charge on any atom is -0.382 e. The third-order valence-corrected chi connectivity index (χ3v) is 3.31. The van der Waals surface area contributed by atoms with Gasteiger partial charge in [-0.1, -0.05) is 0 Å². The second-order valence-corrected chi connectivity index (χ2v) is 4.77. The Morgan fingerprint density at radius 3 is 2.45 bits per heavy atom. The third-order valence-electron chi connectivity index (χ3n) is 3.31. The molecule has 109 valence electrons. The number of benzene rings is 1. The van der Waals surface area contributed by atoms with Crippen molar-refractivity contribution in [1.29, 1.82) is 0 Å². The summed E-state index contributed by atoms with van der Waals surface area (Å²) in [5, 5.41) is 13.7. The van der Waals surface area contributed by atoms with Crippen LogP contribution in [0.25, 0.3) is 0 Å². The molecule has 0 saturated heterocycles. The molecular weight excluding hydrogens is 273 g/mol. The molecule has 0 aliphatic heterocycles. The lowest BCUT2D eigenvalue weighted by Crippen LogP contribution is -2.22. The minimum atomic E-state index is -4.74. The maximum atomic E-state index is 12.8. The Balaban J connectivity index is 2.25. The van der Waals surface area contributed by atoms with E-state index in [1.54, 1.807) is 0 Å². The van der Waals surface area contributed by atoms with Crippen LogP contribution in [-0.2, 0) is 6.18 Å². The monoisotopic (exact) mass is 287 g/mol. The van der Waals surface area contributed by atoms with E-state index < -0.39 is 22.4 Å². The zero-order valence-corrected chi connectivity index (χ0v) is 10.6. The van der Waals surface area contributed by atoms with E-state index in [-0.39, 0.29) is 11.7 Å². The molecule has 1 aromatic carbocycles. The summed E-state index contributed by atoms with van der Waals surface area (Å²) in [4.78, 5) is 9.64. The summed E-state index contributed by atoms with van der Waals surface area (Å²) in [5.74, 6) is 0. The first-order valence-electron chi connectivity index (χ1n) is 6.32. The Morgan fingerprint density at radius 2 is 1.90 bits per heavy atom. The summed E-state index contributed by atoms with van der Waals surface area (Å²) >= 11 is 0. The van der Waals surface area contributed by atoms with Crippen molar-refractivity contribution in [3.05, 3.63) is 40.3 Å². The molecule has 1 radical (unpaired) electrons. The summed E-state index contributed by atoms with van der Waals surface area (Å²) in [6.45, 7) is 0. The molecule has 0 heterocycles. The number of nitrogens with zero attached hydrogens (tertiary/aromatic N) is 1. The molecule has 4 nitrogen and oxygen atoms in total. The van der Waals surface area contributed by atoms with E-state index in [0.717, 1.165) is 37.8 Å². The van der Waals surface area contributed by atoms with Crippen LogP contribution in [0.2, 0.25) is 0 Å². The third kappa shape index (κ3) is 3.40. The molecule has 1 fully saturated rings. The standard InChI is InChI=1S/C13H14F3N2O2/c14-13(15,16)11-8-10(6-7-12(11)18(19)20)17-9-4-2-1-3-5-9/h1,6-9,17H,2-5H2. The molecule has 7 heteroatoms. The van der Waals surface area contributed by atoms with Crippen molar-refractivity contribution in [3.63, 3.8) is 0 Å². The summed E-state index contributed by atoms with van der Waals surface area (Å²) < 4.78 is 38.5. The lowest BCUT2D eigenvalue weighted by Gasteiger charge is -2.24. The van der Waals surface area contributed by atoms with Crippen LogP contribution in [0.4, 0.5) is 24.5 Å². The fourth-order valence-electron chi connectivity index (χ4n) is 2.32. The zero-order valence-electron chi connectivity index (χ0n) is 10.6. The molecule has 0 unspecified atom stereocenters. The molecule has 1 N–H and O–H groups in total. The highest BCUT2D eigenvalue weighted by Crippen LogP contribution is 2.38. The van der Waals surface area contributed by atoms with Gasteiger partial charge in [-0.25, -0.2) is 0 Å². The number of alkyl halides is 3. The van der Waals surface area contributed by atoms with Crippen molar-refractivity contribution in [3.8, 4) is 0 Å². The highest BCUT2D eigenvalue weighted by Gasteiger charge is 2.38. The molecule has 0 amide bonds. The van der Waals surface area contributed by atoms with E-state index in [1.165, 1.54) is 6.07 Å². The number of rotatable bonds is 3. The smallest absolute Gasteiger partial charge is 0.382 e. The number of hydrogen-bond acceptors (Lipinski definition) is 3. The van der Waals surface area contributed by atoms with Crippen LogP contribution >= 0.6 is 0 Å². The summed E-state index contributed by atoms with van der Waals surface area (Å²) in [6.07, 6.45) is 0.986. The molecule has 2 rings (SSSR count). The average molecular weight is 287 g/mol. The van der Waals surface area contributed by atoms with Gasteiger partial charge < -0.3 is 5.32 Å². The van der Waals surface area contributed by atoms with Gasteiger partial charge in [0.15, 0.2) is 0 Å². The quantitative estimate of drug-likeness (QED) is 0.670. The Labute approximate surface area is 114 Å². The van der Waals surface area contributed by atoms with Crippen molar-refractivity contribution < 1.29 is 18.1 Å². The molecule has 20 heavy (non-hydrogen) atoms. The van der Waals surface area contributed by atoms with Crippen molar-refractivity contribution >= 4 is 11.4 Å². The summed E-state index contributed by atoms with van der Waals surface area (Å²) in [7, 11) is 0. The van der Waals surface area contributed by atoms with Gasteiger partial charge in [0.1, 0.15) is 5.56 Å². The molecule has 0 bridgehead atoms. The number of halogens is 3. The number of nitro groups is 1. The van der Waals surface area contributed by atoms with E-state index in [9.17, 15) is 23.3 Å². The van der Waals surface area contributed by atoms with Crippen LogP contribution in [-0.4, -0.2) is 11.0 Å². The molecule has 0 atom stereocenters. The molecule has 1 saturated carbocycles. The summed E-state index contributed by atoms with van der Waals surface area (Å²) in [5.41, 5.74) is -1.86. The zero-order chi connectivity index (χ0) is 14.8. The fraction of sp³-hybridized carbons (Fsp3) is 0.462. The number of anilines is 1. The Bertz CT molecular complexity index is 497. The molecular formula is C13H14F3N2O2. The largest absolute Gasteiger partial charge is 0.423 e. The Morgan fingerprint density at radius 1 is 1.25 bits per heavy atom. The van der Waals surface area contributed by atoms with Gasteiger partial charge >= 0.3 is 6.18 Å². The highest BCUT2D eigenvalue weighted by molar-refractivity contribution is 5.55. The minimum absolute atomic E-state index is 0.113. The van der Waals surface area contributed by atoms with Crippen LogP contribution < -0.4 is 5.32 Å². The second-order valence-electron chi connectivity index (χ2n) is 4.77. The first-order valence-corrected chi connectivity index (χ1v) is 6.32. The SMILES string of the molecule is O=[N+]([O-])c1ccc(NC2CC[CH]CC2)cc1C(F)(F)F. The van der Waals surface area contributed by atoms with Crippen molar-refractivity contribution in [1.82, 2.24) is 0 Å². The normalized spacial score (nSPS) is 16.9. The number of nitrogens with one attached hydrogen (secondary N) is 1. The van der Waals surface area contributed by atoms with Crippen LogP contribution in [0.3, 0.4) is 0 Å². The van der Waals surface area contributed by atoms with Gasteiger partial charge in [0.2, 0.25) is 0 Å². The van der Waals surface area contributed by atoms with E-state index >= 15 is 0 Å². The van der Waals surface area contributed by atoms with Crippen LogP contribution in [0.1, 0.15) is 31.2 Å². The number of hydrogen-bond donors (Lipinski definition) is 1. The van der Waals surface area contributed by atoms with Crippen molar-refractivity contribution in [2.45, 2.75) is 37.9 Å². The Kier molecular flexibility index (Phi) is 4.15. The predicted octanol–water partition coefficient (Wildman–Crippen LogP) is 4.17. The molecule has 1 aliphatic rings. The lowest BCUT2D eigenvalue weighted by molar-refractivity contribution is -0.388. The average Bonchev–Trinajstić information content (AvgIpc) is 2.38.